The Hall–Kier alpha value is -2.94. The Morgan fingerprint density at radius 2 is 1.63 bits per heavy atom. The van der Waals surface area contributed by atoms with E-state index in [0.717, 1.165) is 26.5 Å². The number of thiocarbonyl (C=S) groups is 1. The number of rotatable bonds is 6. The van der Waals surface area contributed by atoms with E-state index >= 15 is 0 Å². The van der Waals surface area contributed by atoms with E-state index in [0.29, 0.717) is 16.0 Å². The zero-order chi connectivity index (χ0) is 20.8. The number of thiazole rings is 1. The van der Waals surface area contributed by atoms with E-state index in [1.807, 2.05) is 78.9 Å². The third-order valence-electron chi connectivity index (χ3n) is 4.03. The van der Waals surface area contributed by atoms with Crippen LogP contribution in [-0.2, 0) is 4.79 Å². The summed E-state index contributed by atoms with van der Waals surface area (Å²) in [6, 6.07) is 25.4. The van der Waals surface area contributed by atoms with E-state index < -0.39 is 0 Å². The average Bonchev–Trinajstić information content (AvgIpc) is 3.15. The highest BCUT2D eigenvalue weighted by atomic mass is 32.2. The zero-order valence-corrected chi connectivity index (χ0v) is 18.2. The molecule has 0 saturated heterocycles. The third kappa shape index (κ3) is 5.56. The maximum atomic E-state index is 12.3. The monoisotopic (exact) mass is 450 g/mol. The lowest BCUT2D eigenvalue weighted by molar-refractivity contribution is -0.113. The first-order valence-electron chi connectivity index (χ1n) is 9.17. The number of hydrogen-bond acceptors (Lipinski definition) is 5. The Morgan fingerprint density at radius 1 is 0.900 bits per heavy atom. The fourth-order valence-electron chi connectivity index (χ4n) is 2.71. The fraction of sp³-hybridized carbons (Fsp3) is 0.0455. The summed E-state index contributed by atoms with van der Waals surface area (Å²) in [4.78, 5) is 17.7. The predicted octanol–water partition coefficient (Wildman–Crippen LogP) is 5.84. The van der Waals surface area contributed by atoms with Crippen molar-refractivity contribution in [3.8, 4) is 0 Å². The molecule has 4 aromatic rings. The molecule has 1 aromatic heterocycles. The Bertz CT molecular complexity index is 1140. The molecule has 150 valence electrons. The number of carbonyl (C=O) groups is 1. The number of para-hydroxylation sites is 2. The minimum absolute atomic E-state index is 0.0846. The first kappa shape index (κ1) is 20.3. The molecule has 3 aromatic carbocycles. The minimum Gasteiger partial charge on any atom is -0.332 e. The number of amides is 1. The van der Waals surface area contributed by atoms with Gasteiger partial charge in [0.1, 0.15) is 0 Å². The minimum atomic E-state index is -0.0846. The van der Waals surface area contributed by atoms with Gasteiger partial charge in [-0.15, -0.1) is 11.8 Å². The van der Waals surface area contributed by atoms with E-state index in [-0.39, 0.29) is 5.91 Å². The van der Waals surface area contributed by atoms with Crippen LogP contribution in [0.15, 0.2) is 83.8 Å². The summed E-state index contributed by atoms with van der Waals surface area (Å²) in [6.07, 6.45) is 0. The van der Waals surface area contributed by atoms with Gasteiger partial charge in [0.2, 0.25) is 5.91 Å². The van der Waals surface area contributed by atoms with E-state index in [2.05, 4.69) is 20.9 Å². The van der Waals surface area contributed by atoms with Crippen molar-refractivity contribution >= 4 is 73.1 Å². The van der Waals surface area contributed by atoms with Crippen LogP contribution in [0.5, 0.6) is 0 Å². The van der Waals surface area contributed by atoms with Crippen LogP contribution in [-0.4, -0.2) is 21.8 Å². The first-order chi connectivity index (χ1) is 14.7. The van der Waals surface area contributed by atoms with Crippen molar-refractivity contribution in [3.63, 3.8) is 0 Å². The summed E-state index contributed by atoms with van der Waals surface area (Å²) < 4.78 is 1.05. The summed E-state index contributed by atoms with van der Waals surface area (Å²) in [5.74, 6) is 0.213. The van der Waals surface area contributed by atoms with Crippen LogP contribution < -0.4 is 16.0 Å². The molecule has 8 heteroatoms. The number of benzene rings is 3. The number of nitrogens with one attached hydrogen (secondary N) is 3. The molecule has 0 atom stereocenters. The second-order valence-corrected chi connectivity index (χ2v) is 8.78. The summed E-state index contributed by atoms with van der Waals surface area (Å²) in [5.41, 5.74) is 2.68. The molecule has 0 unspecified atom stereocenters. The van der Waals surface area contributed by atoms with Crippen LogP contribution in [0.1, 0.15) is 0 Å². The highest BCUT2D eigenvalue weighted by Crippen LogP contribution is 2.26. The Labute approximate surface area is 187 Å². The molecule has 4 rings (SSSR count). The van der Waals surface area contributed by atoms with Gasteiger partial charge >= 0.3 is 0 Å². The number of aromatic nitrogens is 1. The molecule has 0 aliphatic heterocycles. The van der Waals surface area contributed by atoms with Gasteiger partial charge in [0.05, 0.1) is 16.0 Å². The molecule has 30 heavy (non-hydrogen) atoms. The summed E-state index contributed by atoms with van der Waals surface area (Å²) >= 11 is 8.30. The van der Waals surface area contributed by atoms with Crippen molar-refractivity contribution in [1.82, 2.24) is 4.98 Å². The molecule has 0 fully saturated rings. The van der Waals surface area contributed by atoms with Crippen molar-refractivity contribution in [2.75, 3.05) is 21.7 Å². The molecule has 0 spiro atoms. The normalized spacial score (nSPS) is 10.5. The maximum Gasteiger partial charge on any atom is 0.236 e. The topological polar surface area (TPSA) is 66.1 Å². The Balaban J connectivity index is 1.30. The molecule has 0 radical (unpaired) electrons. The van der Waals surface area contributed by atoms with Crippen molar-refractivity contribution in [2.24, 2.45) is 0 Å². The number of anilines is 3. The Kier molecular flexibility index (Phi) is 6.58. The molecule has 0 aliphatic rings. The molecule has 0 saturated carbocycles. The molecule has 1 amide bonds. The van der Waals surface area contributed by atoms with Gasteiger partial charge in [-0.1, -0.05) is 47.7 Å². The van der Waals surface area contributed by atoms with Gasteiger partial charge in [0.15, 0.2) is 10.2 Å². The molecule has 3 N–H and O–H groups in total. The van der Waals surface area contributed by atoms with Gasteiger partial charge in [0.25, 0.3) is 0 Å². The predicted molar refractivity (Wildman–Crippen MR) is 132 cm³/mol. The van der Waals surface area contributed by atoms with E-state index in [1.165, 1.54) is 23.1 Å². The van der Waals surface area contributed by atoms with Crippen molar-refractivity contribution in [2.45, 2.75) is 4.90 Å². The first-order valence-corrected chi connectivity index (χ1v) is 11.4. The largest absolute Gasteiger partial charge is 0.332 e. The van der Waals surface area contributed by atoms with Crippen LogP contribution in [0, 0.1) is 0 Å². The molecule has 1 heterocycles. The Morgan fingerprint density at radius 3 is 2.47 bits per heavy atom. The maximum absolute atomic E-state index is 12.3. The average molecular weight is 451 g/mol. The summed E-state index contributed by atoms with van der Waals surface area (Å²) in [5, 5.41) is 10.3. The fourth-order valence-corrected chi connectivity index (χ4v) is 4.58. The van der Waals surface area contributed by atoms with Gasteiger partial charge in [-0.3, -0.25) is 4.79 Å². The molecule has 0 aliphatic carbocycles. The van der Waals surface area contributed by atoms with Crippen molar-refractivity contribution in [1.29, 1.82) is 0 Å². The van der Waals surface area contributed by atoms with Gasteiger partial charge < -0.3 is 16.0 Å². The lowest BCUT2D eigenvalue weighted by Crippen LogP contribution is -2.19. The summed E-state index contributed by atoms with van der Waals surface area (Å²) in [6.45, 7) is 0. The second-order valence-electron chi connectivity index (χ2n) is 6.30. The lowest BCUT2D eigenvalue weighted by Gasteiger charge is -2.11. The highest BCUT2D eigenvalue weighted by Gasteiger charge is 2.09. The van der Waals surface area contributed by atoms with Crippen LogP contribution in [0.3, 0.4) is 0 Å². The van der Waals surface area contributed by atoms with Crippen LogP contribution in [0.25, 0.3) is 10.2 Å². The number of fused-ring (bicyclic) bond motifs is 1. The standard InChI is InChI=1S/C22H18N4OS3/c27-20(26-22-25-18-11-4-5-12-19(18)30-22)14-29-17-10-6-9-16(13-17)24-21(28)23-15-7-2-1-3-8-15/h1-13H,14H2,(H2,23,24,28)(H,25,26,27). The van der Waals surface area contributed by atoms with Gasteiger partial charge in [-0.05, 0) is 54.7 Å². The number of nitrogens with zero attached hydrogens (tertiary/aromatic N) is 1. The lowest BCUT2D eigenvalue weighted by atomic mass is 10.3. The van der Waals surface area contributed by atoms with Gasteiger partial charge in [-0.2, -0.15) is 0 Å². The van der Waals surface area contributed by atoms with Crippen molar-refractivity contribution in [3.05, 3.63) is 78.9 Å². The van der Waals surface area contributed by atoms with Crippen LogP contribution in [0.4, 0.5) is 16.5 Å². The molecular formula is C22H18N4OS3. The van der Waals surface area contributed by atoms with Crippen LogP contribution >= 0.6 is 35.3 Å². The van der Waals surface area contributed by atoms with Gasteiger partial charge in [0, 0.05) is 16.3 Å². The van der Waals surface area contributed by atoms with E-state index in [9.17, 15) is 4.79 Å². The zero-order valence-electron chi connectivity index (χ0n) is 15.8. The number of carbonyl (C=O) groups excluding carboxylic acids is 1. The molecule has 0 bridgehead atoms. The highest BCUT2D eigenvalue weighted by molar-refractivity contribution is 8.00. The molecule has 5 nitrogen and oxygen atoms in total. The van der Waals surface area contributed by atoms with Gasteiger partial charge in [-0.25, -0.2) is 4.98 Å². The van der Waals surface area contributed by atoms with Crippen LogP contribution in [0.2, 0.25) is 0 Å². The van der Waals surface area contributed by atoms with E-state index in [1.54, 1.807) is 0 Å². The SMILES string of the molecule is O=C(CSc1cccc(NC(=S)Nc2ccccc2)c1)Nc1nc2ccccc2s1. The second kappa shape index (κ2) is 9.71. The van der Waals surface area contributed by atoms with Crippen molar-refractivity contribution < 1.29 is 4.79 Å². The quantitative estimate of drug-likeness (QED) is 0.253. The number of hydrogen-bond donors (Lipinski definition) is 3. The third-order valence-corrected chi connectivity index (χ3v) is 6.18. The summed E-state index contributed by atoms with van der Waals surface area (Å²) in [7, 11) is 0. The smallest absolute Gasteiger partial charge is 0.236 e. The van der Waals surface area contributed by atoms with E-state index in [4.69, 9.17) is 12.2 Å². The number of thioether (sulfide) groups is 1. The molecular weight excluding hydrogens is 432 g/mol.